The van der Waals surface area contributed by atoms with Crippen LogP contribution >= 0.6 is 0 Å². The highest BCUT2D eigenvalue weighted by molar-refractivity contribution is 5.69. The second-order valence-electron chi connectivity index (χ2n) is 17.2. The quantitative estimate of drug-likeness (QED) is 0.0378. The zero-order valence-electron chi connectivity index (χ0n) is 38.6. The summed E-state index contributed by atoms with van der Waals surface area (Å²) >= 11 is 0. The van der Waals surface area contributed by atoms with E-state index in [0.717, 1.165) is 32.1 Å². The SMILES string of the molecule is CCCCCCC/C=C\C/C=C\C/C=C\CCCCCCCCCOCC(CO)OC(=O)CCCCCCCCCCCCCCCCCCCCCCCCC. The molecule has 57 heavy (non-hydrogen) atoms. The summed E-state index contributed by atoms with van der Waals surface area (Å²) in [4.78, 5) is 12.3. The second kappa shape index (κ2) is 50.8. The van der Waals surface area contributed by atoms with Gasteiger partial charge in [0.25, 0.3) is 0 Å². The van der Waals surface area contributed by atoms with Crippen LogP contribution in [0.4, 0.5) is 0 Å². The molecule has 4 heteroatoms. The minimum Gasteiger partial charge on any atom is -0.457 e. The van der Waals surface area contributed by atoms with Gasteiger partial charge in [0.05, 0.1) is 13.2 Å². The average Bonchev–Trinajstić information content (AvgIpc) is 3.22. The highest BCUT2D eigenvalue weighted by Gasteiger charge is 2.13. The van der Waals surface area contributed by atoms with Gasteiger partial charge < -0.3 is 14.6 Å². The minimum absolute atomic E-state index is 0.173. The van der Waals surface area contributed by atoms with Gasteiger partial charge in [-0.05, 0) is 51.4 Å². The number of ether oxygens (including phenoxy) is 2. The van der Waals surface area contributed by atoms with Gasteiger partial charge in [-0.25, -0.2) is 0 Å². The molecule has 0 spiro atoms. The van der Waals surface area contributed by atoms with Gasteiger partial charge >= 0.3 is 5.97 Å². The summed E-state index contributed by atoms with van der Waals surface area (Å²) in [5, 5.41) is 9.65. The molecular formula is C53H100O4. The maximum Gasteiger partial charge on any atom is 0.306 e. The van der Waals surface area contributed by atoms with Crippen LogP contribution in [0, 0.1) is 0 Å². The largest absolute Gasteiger partial charge is 0.457 e. The van der Waals surface area contributed by atoms with Crippen LogP contribution in [-0.2, 0) is 14.3 Å². The van der Waals surface area contributed by atoms with Crippen LogP contribution in [-0.4, -0.2) is 37.0 Å². The normalized spacial score (nSPS) is 12.5. The Labute approximate surface area is 357 Å². The predicted molar refractivity (Wildman–Crippen MR) is 251 cm³/mol. The topological polar surface area (TPSA) is 55.8 Å². The zero-order chi connectivity index (χ0) is 41.2. The van der Waals surface area contributed by atoms with E-state index in [2.05, 4.69) is 50.3 Å². The molecule has 1 N–H and O–H groups in total. The molecule has 0 fully saturated rings. The summed E-state index contributed by atoms with van der Waals surface area (Å²) in [7, 11) is 0. The van der Waals surface area contributed by atoms with Crippen LogP contribution < -0.4 is 0 Å². The number of allylic oxidation sites excluding steroid dienone is 6. The van der Waals surface area contributed by atoms with Crippen LogP contribution in [0.25, 0.3) is 0 Å². The Bertz CT molecular complexity index is 848. The average molecular weight is 801 g/mol. The Morgan fingerprint density at radius 3 is 1.11 bits per heavy atom. The first-order chi connectivity index (χ1) is 28.2. The first-order valence-electron chi connectivity index (χ1n) is 25.6. The van der Waals surface area contributed by atoms with Crippen molar-refractivity contribution in [2.75, 3.05) is 19.8 Å². The summed E-state index contributed by atoms with van der Waals surface area (Å²) in [6, 6.07) is 0. The standard InChI is InChI=1S/C53H100O4/c1-3-5-7-9-11-13-15-17-19-21-23-25-27-28-30-32-34-36-38-40-42-44-46-48-53(55)57-52(50-54)51-56-49-47-45-43-41-39-37-35-33-31-29-26-24-22-20-18-16-14-12-10-8-6-4-2/h16,18,22,24,29,31,52,54H,3-15,17,19-21,23,25-28,30,32-51H2,1-2H3/b18-16-,24-22-,31-29-. The van der Waals surface area contributed by atoms with Crippen molar-refractivity contribution in [2.24, 2.45) is 0 Å². The highest BCUT2D eigenvalue weighted by atomic mass is 16.6. The van der Waals surface area contributed by atoms with Gasteiger partial charge in [0.1, 0.15) is 6.10 Å². The Balaban J connectivity index is 3.40. The maximum atomic E-state index is 12.3. The molecule has 0 amide bonds. The molecule has 0 heterocycles. The van der Waals surface area contributed by atoms with Crippen LogP contribution in [0.15, 0.2) is 36.5 Å². The monoisotopic (exact) mass is 801 g/mol. The van der Waals surface area contributed by atoms with E-state index in [1.54, 1.807) is 0 Å². The Morgan fingerprint density at radius 2 is 0.737 bits per heavy atom. The third-order valence-electron chi connectivity index (χ3n) is 11.5. The van der Waals surface area contributed by atoms with Gasteiger partial charge in [-0.2, -0.15) is 0 Å². The van der Waals surface area contributed by atoms with Crippen molar-refractivity contribution in [3.63, 3.8) is 0 Å². The van der Waals surface area contributed by atoms with Crippen molar-refractivity contribution in [3.8, 4) is 0 Å². The fourth-order valence-electron chi connectivity index (χ4n) is 7.63. The summed E-state index contributed by atoms with van der Waals surface area (Å²) in [6.45, 7) is 5.36. The number of hydrogen-bond acceptors (Lipinski definition) is 4. The van der Waals surface area contributed by atoms with Crippen LogP contribution in [0.3, 0.4) is 0 Å². The number of carbonyl (C=O) groups excluding carboxylic acids is 1. The lowest BCUT2D eigenvalue weighted by Gasteiger charge is -2.16. The second-order valence-corrected chi connectivity index (χ2v) is 17.2. The van der Waals surface area contributed by atoms with Gasteiger partial charge in [0.2, 0.25) is 0 Å². The molecule has 4 nitrogen and oxygen atoms in total. The molecule has 0 rings (SSSR count). The first kappa shape index (κ1) is 55.6. The van der Waals surface area contributed by atoms with E-state index in [-0.39, 0.29) is 12.6 Å². The van der Waals surface area contributed by atoms with Crippen molar-refractivity contribution in [3.05, 3.63) is 36.5 Å². The molecule has 0 bridgehead atoms. The smallest absolute Gasteiger partial charge is 0.306 e. The number of hydrogen-bond donors (Lipinski definition) is 1. The molecule has 0 aliphatic rings. The van der Waals surface area contributed by atoms with Crippen molar-refractivity contribution in [1.82, 2.24) is 0 Å². The third-order valence-corrected chi connectivity index (χ3v) is 11.5. The molecule has 1 unspecified atom stereocenters. The fraction of sp³-hybridized carbons (Fsp3) is 0.868. The first-order valence-corrected chi connectivity index (χ1v) is 25.6. The molecular weight excluding hydrogens is 701 g/mol. The molecule has 0 aliphatic carbocycles. The Hall–Kier alpha value is -1.39. The van der Waals surface area contributed by atoms with E-state index in [1.807, 2.05) is 0 Å². The molecule has 0 aliphatic heterocycles. The third kappa shape index (κ3) is 48.9. The van der Waals surface area contributed by atoms with Crippen molar-refractivity contribution < 1.29 is 19.4 Å². The Morgan fingerprint density at radius 1 is 0.421 bits per heavy atom. The number of aliphatic hydroxyl groups is 1. The molecule has 336 valence electrons. The number of carbonyl (C=O) groups is 1. The van der Waals surface area contributed by atoms with Gasteiger partial charge in [0.15, 0.2) is 0 Å². The fourth-order valence-corrected chi connectivity index (χ4v) is 7.63. The lowest BCUT2D eigenvalue weighted by atomic mass is 10.0. The van der Waals surface area contributed by atoms with E-state index < -0.39 is 6.10 Å². The molecule has 0 radical (unpaired) electrons. The molecule has 0 saturated heterocycles. The minimum atomic E-state index is -0.538. The van der Waals surface area contributed by atoms with E-state index >= 15 is 0 Å². The lowest BCUT2D eigenvalue weighted by Crippen LogP contribution is -2.27. The number of esters is 1. The summed E-state index contributed by atoms with van der Waals surface area (Å²) in [5.74, 6) is -0.199. The Kier molecular flexibility index (Phi) is 49.5. The molecule has 0 aromatic carbocycles. The summed E-state index contributed by atoms with van der Waals surface area (Å²) < 4.78 is 11.2. The van der Waals surface area contributed by atoms with Crippen LogP contribution in [0.2, 0.25) is 0 Å². The van der Waals surface area contributed by atoms with Crippen molar-refractivity contribution in [1.29, 1.82) is 0 Å². The van der Waals surface area contributed by atoms with Gasteiger partial charge in [-0.3, -0.25) is 4.79 Å². The zero-order valence-corrected chi connectivity index (χ0v) is 38.6. The molecule has 0 aromatic heterocycles. The maximum absolute atomic E-state index is 12.3. The van der Waals surface area contributed by atoms with Crippen molar-refractivity contribution in [2.45, 2.75) is 277 Å². The molecule has 1 atom stereocenters. The summed E-state index contributed by atoms with van der Waals surface area (Å²) in [5.41, 5.74) is 0. The van der Waals surface area contributed by atoms with Gasteiger partial charge in [0, 0.05) is 13.0 Å². The van der Waals surface area contributed by atoms with E-state index in [1.165, 1.54) is 218 Å². The lowest BCUT2D eigenvalue weighted by molar-refractivity contribution is -0.154. The molecule has 0 aromatic rings. The molecule has 0 saturated carbocycles. The van der Waals surface area contributed by atoms with Gasteiger partial charge in [-0.1, -0.05) is 249 Å². The number of rotatable bonds is 48. The van der Waals surface area contributed by atoms with Crippen LogP contribution in [0.1, 0.15) is 271 Å². The van der Waals surface area contributed by atoms with E-state index in [4.69, 9.17) is 9.47 Å². The van der Waals surface area contributed by atoms with E-state index in [9.17, 15) is 9.90 Å². The van der Waals surface area contributed by atoms with E-state index in [0.29, 0.717) is 19.6 Å². The van der Waals surface area contributed by atoms with Gasteiger partial charge in [-0.15, -0.1) is 0 Å². The van der Waals surface area contributed by atoms with Crippen LogP contribution in [0.5, 0.6) is 0 Å². The number of aliphatic hydroxyl groups excluding tert-OH is 1. The summed E-state index contributed by atoms with van der Waals surface area (Å²) in [6.07, 6.45) is 65.2. The highest BCUT2D eigenvalue weighted by Crippen LogP contribution is 2.16. The van der Waals surface area contributed by atoms with Crippen molar-refractivity contribution >= 4 is 5.97 Å². The number of unbranched alkanes of at least 4 members (excludes halogenated alkanes) is 34. The predicted octanol–water partition coefficient (Wildman–Crippen LogP) is 17.2.